The molecule has 1 saturated carbocycles. The van der Waals surface area contributed by atoms with Crippen molar-refractivity contribution in [2.24, 2.45) is 5.92 Å². The molecule has 0 amide bonds. The van der Waals surface area contributed by atoms with Crippen molar-refractivity contribution < 1.29 is 9.90 Å². The van der Waals surface area contributed by atoms with Crippen LogP contribution in [0.5, 0.6) is 0 Å². The Labute approximate surface area is 81.7 Å². The van der Waals surface area contributed by atoms with Gasteiger partial charge in [0.1, 0.15) is 0 Å². The Morgan fingerprint density at radius 3 is 2.86 bits per heavy atom. The van der Waals surface area contributed by atoms with E-state index in [-0.39, 0.29) is 5.69 Å². The summed E-state index contributed by atoms with van der Waals surface area (Å²) in [5.74, 6) is -0.383. The molecule has 1 heterocycles. The van der Waals surface area contributed by atoms with Crippen molar-refractivity contribution in [1.82, 2.24) is 15.0 Å². The molecule has 0 aliphatic heterocycles. The van der Waals surface area contributed by atoms with Gasteiger partial charge in [0.25, 0.3) is 0 Å². The van der Waals surface area contributed by atoms with E-state index >= 15 is 0 Å². The summed E-state index contributed by atoms with van der Waals surface area (Å²) in [5.41, 5.74) is 0.0306. The number of hydrogen-bond donors (Lipinski definition) is 1. The van der Waals surface area contributed by atoms with Gasteiger partial charge >= 0.3 is 5.97 Å². The molecule has 76 valence electrons. The second-order valence-corrected chi connectivity index (χ2v) is 3.74. The summed E-state index contributed by atoms with van der Waals surface area (Å²) >= 11 is 0. The van der Waals surface area contributed by atoms with Gasteiger partial charge in [0.2, 0.25) is 0 Å². The van der Waals surface area contributed by atoms with Crippen LogP contribution in [0.4, 0.5) is 0 Å². The van der Waals surface area contributed by atoms with Crippen LogP contribution in [0.1, 0.15) is 36.2 Å². The molecule has 1 aliphatic rings. The molecule has 0 atom stereocenters. The molecule has 1 aliphatic carbocycles. The number of aromatic carboxylic acids is 1. The quantitative estimate of drug-likeness (QED) is 0.786. The number of carboxylic acids is 1. The number of carboxylic acid groups (broad SMARTS) is 1. The molecule has 1 N–H and O–H groups in total. The molecule has 0 spiro atoms. The van der Waals surface area contributed by atoms with Gasteiger partial charge in [-0.25, -0.2) is 4.79 Å². The maximum atomic E-state index is 10.5. The SMILES string of the molecule is O=C(O)c1cnn(CC2CCCC2)n1. The molecule has 1 fully saturated rings. The number of rotatable bonds is 3. The molecular weight excluding hydrogens is 182 g/mol. The normalized spacial score (nSPS) is 17.4. The van der Waals surface area contributed by atoms with E-state index in [9.17, 15) is 4.79 Å². The summed E-state index contributed by atoms with van der Waals surface area (Å²) in [6.07, 6.45) is 6.28. The van der Waals surface area contributed by atoms with Crippen LogP contribution >= 0.6 is 0 Å². The molecule has 0 radical (unpaired) electrons. The summed E-state index contributed by atoms with van der Waals surface area (Å²) in [4.78, 5) is 12.0. The third-order valence-electron chi connectivity index (χ3n) is 2.65. The monoisotopic (exact) mass is 195 g/mol. The lowest BCUT2D eigenvalue weighted by molar-refractivity contribution is 0.0689. The Morgan fingerprint density at radius 2 is 2.29 bits per heavy atom. The van der Waals surface area contributed by atoms with Gasteiger partial charge in [-0.3, -0.25) is 0 Å². The van der Waals surface area contributed by atoms with Gasteiger partial charge in [-0.15, -0.1) is 5.10 Å². The van der Waals surface area contributed by atoms with Crippen LogP contribution in [0.2, 0.25) is 0 Å². The van der Waals surface area contributed by atoms with Crippen LogP contribution in [-0.4, -0.2) is 26.1 Å². The van der Waals surface area contributed by atoms with E-state index < -0.39 is 5.97 Å². The highest BCUT2D eigenvalue weighted by molar-refractivity contribution is 5.84. The fourth-order valence-corrected chi connectivity index (χ4v) is 1.91. The zero-order valence-corrected chi connectivity index (χ0v) is 7.89. The Bertz CT molecular complexity index is 329. The first-order chi connectivity index (χ1) is 6.75. The van der Waals surface area contributed by atoms with Crippen LogP contribution in [0.3, 0.4) is 0 Å². The van der Waals surface area contributed by atoms with Crippen molar-refractivity contribution in [3.8, 4) is 0 Å². The minimum Gasteiger partial charge on any atom is -0.476 e. The summed E-state index contributed by atoms with van der Waals surface area (Å²) in [6, 6.07) is 0. The van der Waals surface area contributed by atoms with E-state index in [0.717, 1.165) is 6.54 Å². The summed E-state index contributed by atoms with van der Waals surface area (Å²) in [5, 5.41) is 16.4. The number of carbonyl (C=O) groups is 1. The number of hydrogen-bond acceptors (Lipinski definition) is 3. The van der Waals surface area contributed by atoms with Gasteiger partial charge in [0.05, 0.1) is 12.7 Å². The summed E-state index contributed by atoms with van der Waals surface area (Å²) in [6.45, 7) is 0.757. The first-order valence-corrected chi connectivity index (χ1v) is 4.89. The molecule has 1 aromatic heterocycles. The van der Waals surface area contributed by atoms with Crippen molar-refractivity contribution in [1.29, 1.82) is 0 Å². The average molecular weight is 195 g/mol. The number of aromatic nitrogens is 3. The lowest BCUT2D eigenvalue weighted by Gasteiger charge is -2.06. The zero-order valence-electron chi connectivity index (χ0n) is 7.89. The van der Waals surface area contributed by atoms with E-state index in [1.807, 2.05) is 0 Å². The lowest BCUT2D eigenvalue weighted by atomic mass is 10.1. The number of nitrogens with zero attached hydrogens (tertiary/aromatic N) is 3. The second-order valence-electron chi connectivity index (χ2n) is 3.74. The van der Waals surface area contributed by atoms with Gasteiger partial charge < -0.3 is 5.11 Å². The highest BCUT2D eigenvalue weighted by Crippen LogP contribution is 2.25. The molecule has 0 bridgehead atoms. The third-order valence-corrected chi connectivity index (χ3v) is 2.65. The van der Waals surface area contributed by atoms with Crippen molar-refractivity contribution in [3.63, 3.8) is 0 Å². The van der Waals surface area contributed by atoms with Gasteiger partial charge in [-0.05, 0) is 18.8 Å². The van der Waals surface area contributed by atoms with E-state index in [1.165, 1.54) is 36.7 Å². The van der Waals surface area contributed by atoms with Gasteiger partial charge in [0, 0.05) is 0 Å². The van der Waals surface area contributed by atoms with Gasteiger partial charge in [0.15, 0.2) is 5.69 Å². The van der Waals surface area contributed by atoms with Gasteiger partial charge in [-0.2, -0.15) is 9.90 Å². The predicted molar refractivity (Wildman–Crippen MR) is 48.9 cm³/mol. The Morgan fingerprint density at radius 1 is 1.57 bits per heavy atom. The van der Waals surface area contributed by atoms with Crippen molar-refractivity contribution >= 4 is 5.97 Å². The third kappa shape index (κ3) is 1.92. The molecule has 5 nitrogen and oxygen atoms in total. The Balaban J connectivity index is 1.98. The smallest absolute Gasteiger partial charge is 0.358 e. The van der Waals surface area contributed by atoms with Crippen LogP contribution in [0, 0.1) is 5.92 Å². The largest absolute Gasteiger partial charge is 0.476 e. The highest BCUT2D eigenvalue weighted by atomic mass is 16.4. The van der Waals surface area contributed by atoms with Crippen LogP contribution in [0.25, 0.3) is 0 Å². The standard InChI is InChI=1S/C9H13N3O2/c13-9(14)8-5-10-12(11-8)6-7-3-1-2-4-7/h5,7H,1-4,6H2,(H,13,14). The van der Waals surface area contributed by atoms with Crippen molar-refractivity contribution in [3.05, 3.63) is 11.9 Å². The van der Waals surface area contributed by atoms with Crippen molar-refractivity contribution in [2.75, 3.05) is 0 Å². The molecule has 5 heteroatoms. The molecular formula is C9H13N3O2. The van der Waals surface area contributed by atoms with Crippen LogP contribution in [-0.2, 0) is 6.54 Å². The zero-order chi connectivity index (χ0) is 9.97. The lowest BCUT2D eigenvalue weighted by Crippen LogP contribution is -2.11. The highest BCUT2D eigenvalue weighted by Gasteiger charge is 2.17. The molecule has 0 saturated heterocycles. The topological polar surface area (TPSA) is 68.0 Å². The summed E-state index contributed by atoms with van der Waals surface area (Å²) < 4.78 is 0. The minimum absolute atomic E-state index is 0.0306. The maximum Gasteiger partial charge on any atom is 0.358 e. The van der Waals surface area contributed by atoms with E-state index in [2.05, 4.69) is 10.2 Å². The second kappa shape index (κ2) is 3.77. The predicted octanol–water partition coefficient (Wildman–Crippen LogP) is 1.17. The van der Waals surface area contributed by atoms with Crippen LogP contribution < -0.4 is 0 Å². The fraction of sp³-hybridized carbons (Fsp3) is 0.667. The molecule has 2 rings (SSSR count). The molecule has 0 unspecified atom stereocenters. The first kappa shape index (κ1) is 9.18. The average Bonchev–Trinajstić information content (AvgIpc) is 2.75. The minimum atomic E-state index is -1.01. The molecule has 1 aromatic rings. The molecule has 0 aromatic carbocycles. The summed E-state index contributed by atoms with van der Waals surface area (Å²) in [7, 11) is 0. The Kier molecular flexibility index (Phi) is 2.47. The van der Waals surface area contributed by atoms with E-state index in [4.69, 9.17) is 5.11 Å². The Hall–Kier alpha value is -1.39. The van der Waals surface area contributed by atoms with Crippen molar-refractivity contribution in [2.45, 2.75) is 32.2 Å². The molecule has 14 heavy (non-hydrogen) atoms. The first-order valence-electron chi connectivity index (χ1n) is 4.89. The maximum absolute atomic E-state index is 10.5. The van der Waals surface area contributed by atoms with E-state index in [0.29, 0.717) is 5.92 Å². The van der Waals surface area contributed by atoms with E-state index in [1.54, 1.807) is 0 Å². The van der Waals surface area contributed by atoms with Gasteiger partial charge in [-0.1, -0.05) is 12.8 Å². The van der Waals surface area contributed by atoms with Crippen LogP contribution in [0.15, 0.2) is 6.20 Å². The fourth-order valence-electron chi connectivity index (χ4n) is 1.91.